The van der Waals surface area contributed by atoms with Crippen LogP contribution in [0.1, 0.15) is 104 Å². The fraction of sp³-hybridized carbons (Fsp3) is 0.895. The predicted octanol–water partition coefficient (Wildman–Crippen LogP) is 6.70. The van der Waals surface area contributed by atoms with E-state index >= 15 is 0 Å². The van der Waals surface area contributed by atoms with E-state index in [4.69, 9.17) is 5.73 Å². The standard InChI is InChI=1S/C19H38N/c1-4-5-6-7-8-9-10-11-12-13-14-15-16-17-18-19(2,3)20/h11-12,20H,4-10,13-18H2,1-3H3. The second-order valence-electron chi connectivity index (χ2n) is 6.86. The zero-order valence-electron chi connectivity index (χ0n) is 14.3. The van der Waals surface area contributed by atoms with E-state index < -0.39 is 0 Å². The van der Waals surface area contributed by atoms with E-state index in [1.807, 2.05) is 13.8 Å². The molecule has 0 unspecified atom stereocenters. The minimum absolute atomic E-state index is 0.225. The van der Waals surface area contributed by atoms with Gasteiger partial charge in [-0.25, -0.2) is 0 Å². The number of nitrogens with one attached hydrogen (secondary N) is 1. The lowest BCUT2D eigenvalue weighted by Crippen LogP contribution is -2.20. The molecular formula is C19H38N. The summed E-state index contributed by atoms with van der Waals surface area (Å²) in [5.41, 5.74) is 7.56. The summed E-state index contributed by atoms with van der Waals surface area (Å²) in [6, 6.07) is 0. The predicted molar refractivity (Wildman–Crippen MR) is 92.0 cm³/mol. The van der Waals surface area contributed by atoms with Gasteiger partial charge in [-0.3, -0.25) is 5.73 Å². The molecule has 0 heterocycles. The maximum absolute atomic E-state index is 7.78. The molecule has 0 aromatic carbocycles. The van der Waals surface area contributed by atoms with E-state index in [2.05, 4.69) is 19.1 Å². The van der Waals surface area contributed by atoms with Crippen LogP contribution in [0.5, 0.6) is 0 Å². The Bertz CT molecular complexity index is 212. The van der Waals surface area contributed by atoms with Gasteiger partial charge in [0.1, 0.15) is 0 Å². The summed E-state index contributed by atoms with van der Waals surface area (Å²) in [6.07, 6.45) is 21.9. The lowest BCUT2D eigenvalue weighted by atomic mass is 9.97. The maximum Gasteiger partial charge on any atom is 0.0267 e. The van der Waals surface area contributed by atoms with Crippen LogP contribution in [0.15, 0.2) is 12.2 Å². The van der Waals surface area contributed by atoms with Crippen molar-refractivity contribution in [2.45, 2.75) is 110 Å². The first-order valence-electron chi connectivity index (χ1n) is 8.96. The molecular weight excluding hydrogens is 242 g/mol. The van der Waals surface area contributed by atoms with Crippen LogP contribution < -0.4 is 5.73 Å². The van der Waals surface area contributed by atoms with Crippen molar-refractivity contribution in [2.75, 3.05) is 0 Å². The van der Waals surface area contributed by atoms with Gasteiger partial charge in [-0.2, -0.15) is 0 Å². The van der Waals surface area contributed by atoms with Crippen LogP contribution in [-0.4, -0.2) is 5.54 Å². The fourth-order valence-electron chi connectivity index (χ4n) is 2.46. The normalized spacial score (nSPS) is 12.4. The molecule has 1 N–H and O–H groups in total. The van der Waals surface area contributed by atoms with Crippen molar-refractivity contribution in [3.05, 3.63) is 12.2 Å². The van der Waals surface area contributed by atoms with Crippen molar-refractivity contribution in [2.24, 2.45) is 0 Å². The van der Waals surface area contributed by atoms with Crippen molar-refractivity contribution in [3.63, 3.8) is 0 Å². The number of unbranched alkanes of at least 4 members (excludes halogenated alkanes) is 10. The molecule has 0 fully saturated rings. The molecule has 0 bridgehead atoms. The molecule has 1 heteroatoms. The molecule has 0 rings (SSSR count). The lowest BCUT2D eigenvalue weighted by Gasteiger charge is -2.16. The van der Waals surface area contributed by atoms with Gasteiger partial charge in [0.05, 0.1) is 0 Å². The van der Waals surface area contributed by atoms with Gasteiger partial charge in [-0.05, 0) is 46.0 Å². The third kappa shape index (κ3) is 17.7. The number of rotatable bonds is 14. The van der Waals surface area contributed by atoms with E-state index in [1.54, 1.807) is 0 Å². The molecule has 0 saturated carbocycles. The van der Waals surface area contributed by atoms with Crippen molar-refractivity contribution < 1.29 is 0 Å². The van der Waals surface area contributed by atoms with Crippen LogP contribution >= 0.6 is 0 Å². The van der Waals surface area contributed by atoms with Gasteiger partial charge in [-0.1, -0.05) is 70.4 Å². The van der Waals surface area contributed by atoms with Crippen molar-refractivity contribution in [1.29, 1.82) is 0 Å². The summed E-state index contributed by atoms with van der Waals surface area (Å²) in [7, 11) is 0. The molecule has 0 aromatic rings. The van der Waals surface area contributed by atoms with Gasteiger partial charge in [-0.15, -0.1) is 0 Å². The molecule has 119 valence electrons. The van der Waals surface area contributed by atoms with E-state index in [-0.39, 0.29) is 5.54 Å². The molecule has 0 aliphatic carbocycles. The first-order chi connectivity index (χ1) is 9.56. The first kappa shape index (κ1) is 19.7. The molecule has 0 amide bonds. The fourth-order valence-corrected chi connectivity index (χ4v) is 2.46. The molecule has 0 spiro atoms. The molecule has 0 aromatic heterocycles. The summed E-state index contributed by atoms with van der Waals surface area (Å²) < 4.78 is 0. The topological polar surface area (TPSA) is 23.8 Å². The average molecular weight is 281 g/mol. The number of allylic oxidation sites excluding steroid dienone is 2. The zero-order valence-corrected chi connectivity index (χ0v) is 14.3. The van der Waals surface area contributed by atoms with Crippen LogP contribution in [0.25, 0.3) is 0 Å². The summed E-state index contributed by atoms with van der Waals surface area (Å²) >= 11 is 0. The Morgan fingerprint density at radius 3 is 1.65 bits per heavy atom. The molecule has 1 nitrogen and oxygen atoms in total. The van der Waals surface area contributed by atoms with Crippen LogP contribution in [0, 0.1) is 0 Å². The highest BCUT2D eigenvalue weighted by Crippen LogP contribution is 2.14. The first-order valence-corrected chi connectivity index (χ1v) is 8.96. The van der Waals surface area contributed by atoms with Gasteiger partial charge in [0.25, 0.3) is 0 Å². The Labute approximate surface area is 128 Å². The Kier molecular flexibility index (Phi) is 13.5. The van der Waals surface area contributed by atoms with E-state index in [0.29, 0.717) is 0 Å². The van der Waals surface area contributed by atoms with Gasteiger partial charge in [0, 0.05) is 5.54 Å². The molecule has 0 saturated heterocycles. The van der Waals surface area contributed by atoms with E-state index in [1.165, 1.54) is 77.0 Å². The number of hydrogen-bond acceptors (Lipinski definition) is 0. The van der Waals surface area contributed by atoms with E-state index in [9.17, 15) is 0 Å². The average Bonchev–Trinajstić information content (AvgIpc) is 2.38. The highest BCUT2D eigenvalue weighted by molar-refractivity contribution is 4.81. The van der Waals surface area contributed by atoms with Crippen LogP contribution in [0.3, 0.4) is 0 Å². The Balaban J connectivity index is 3.13. The van der Waals surface area contributed by atoms with Crippen molar-refractivity contribution >= 4 is 0 Å². The highest BCUT2D eigenvalue weighted by atomic mass is 14.7. The zero-order chi connectivity index (χ0) is 15.1. The second-order valence-corrected chi connectivity index (χ2v) is 6.86. The van der Waals surface area contributed by atoms with Gasteiger partial charge >= 0.3 is 0 Å². The quantitative estimate of drug-likeness (QED) is 0.250. The Morgan fingerprint density at radius 1 is 0.700 bits per heavy atom. The van der Waals surface area contributed by atoms with Crippen LogP contribution in [-0.2, 0) is 0 Å². The smallest absolute Gasteiger partial charge is 0.0267 e. The minimum atomic E-state index is -0.225. The van der Waals surface area contributed by atoms with Crippen LogP contribution in [0.4, 0.5) is 0 Å². The monoisotopic (exact) mass is 280 g/mol. The van der Waals surface area contributed by atoms with Gasteiger partial charge < -0.3 is 0 Å². The summed E-state index contributed by atoms with van der Waals surface area (Å²) in [4.78, 5) is 0. The third-order valence-corrected chi connectivity index (χ3v) is 3.81. The highest BCUT2D eigenvalue weighted by Gasteiger charge is 2.09. The SMILES string of the molecule is CCCCCCCCC=CCCCCCCC(C)(C)[NH]. The number of hydrogen-bond donors (Lipinski definition) is 0. The van der Waals surface area contributed by atoms with Crippen molar-refractivity contribution in [1.82, 2.24) is 5.73 Å². The summed E-state index contributed by atoms with van der Waals surface area (Å²) in [6.45, 7) is 6.30. The lowest BCUT2D eigenvalue weighted by molar-refractivity contribution is 0.430. The van der Waals surface area contributed by atoms with Gasteiger partial charge in [0.2, 0.25) is 0 Å². The third-order valence-electron chi connectivity index (χ3n) is 3.81. The second kappa shape index (κ2) is 13.7. The maximum atomic E-state index is 7.78. The Morgan fingerprint density at radius 2 is 1.15 bits per heavy atom. The summed E-state index contributed by atoms with van der Waals surface area (Å²) in [5.74, 6) is 0. The Hall–Kier alpha value is -0.300. The molecule has 0 atom stereocenters. The van der Waals surface area contributed by atoms with Crippen LogP contribution in [0.2, 0.25) is 0 Å². The minimum Gasteiger partial charge on any atom is -0.252 e. The molecule has 20 heavy (non-hydrogen) atoms. The molecule has 0 aliphatic heterocycles. The van der Waals surface area contributed by atoms with E-state index in [0.717, 1.165) is 6.42 Å². The summed E-state index contributed by atoms with van der Waals surface area (Å²) in [5, 5.41) is 0. The van der Waals surface area contributed by atoms with Crippen molar-refractivity contribution in [3.8, 4) is 0 Å². The molecule has 0 aliphatic rings. The molecule has 1 radical (unpaired) electrons. The van der Waals surface area contributed by atoms with Gasteiger partial charge in [0.15, 0.2) is 0 Å². The largest absolute Gasteiger partial charge is 0.252 e.